The number of benzene rings is 2. The van der Waals surface area contributed by atoms with Crippen LogP contribution in [0.25, 0.3) is 10.2 Å². The minimum Gasteiger partial charge on any atom is -0.425 e. The fraction of sp³-hybridized carbons (Fsp3) is 0.125. The van der Waals surface area contributed by atoms with Gasteiger partial charge in [-0.15, -0.1) is 0 Å². The molecule has 0 unspecified atom stereocenters. The average molecular weight is 299 g/mol. The second kappa shape index (κ2) is 5.54. The second-order valence-electron chi connectivity index (χ2n) is 4.66. The van der Waals surface area contributed by atoms with Gasteiger partial charge in [0.2, 0.25) is 0 Å². The molecule has 3 rings (SSSR count). The normalized spacial score (nSPS) is 10.7. The Bertz CT molecular complexity index is 863. The number of carbonyl (C=O) groups excluding carboxylic acids is 1. The third-order valence-electron chi connectivity index (χ3n) is 3.18. The number of aromatic nitrogens is 1. The molecular formula is C16H13NO3S. The number of fused-ring (bicyclic) bond motifs is 1. The van der Waals surface area contributed by atoms with Crippen LogP contribution < -0.4 is 9.61 Å². The van der Waals surface area contributed by atoms with E-state index in [1.54, 1.807) is 6.07 Å². The molecule has 4 nitrogen and oxygen atoms in total. The van der Waals surface area contributed by atoms with Gasteiger partial charge in [0.25, 0.3) is 0 Å². The van der Waals surface area contributed by atoms with Crippen LogP contribution in [0.15, 0.2) is 53.3 Å². The summed E-state index contributed by atoms with van der Waals surface area (Å²) in [4.78, 5) is 23.9. The first kappa shape index (κ1) is 13.6. The van der Waals surface area contributed by atoms with E-state index in [4.69, 9.17) is 4.74 Å². The summed E-state index contributed by atoms with van der Waals surface area (Å²) in [6.07, 6.45) is 0. The van der Waals surface area contributed by atoms with Gasteiger partial charge in [-0.2, -0.15) is 0 Å². The average Bonchev–Trinajstić information content (AvgIpc) is 2.78. The molecule has 0 aliphatic rings. The third kappa shape index (κ3) is 2.73. The molecule has 0 amide bonds. The molecule has 0 fully saturated rings. The summed E-state index contributed by atoms with van der Waals surface area (Å²) in [6.45, 7) is 1.78. The van der Waals surface area contributed by atoms with E-state index < -0.39 is 5.97 Å². The molecule has 3 aromatic rings. The standard InChI is InChI=1S/C16H13NO3S/c1-11-6-2-4-8-13(11)20-15(18)10-17-12-7-3-5-9-14(12)21-16(17)19/h2-9H,10H2,1H3. The lowest BCUT2D eigenvalue weighted by atomic mass is 10.2. The van der Waals surface area contributed by atoms with Gasteiger partial charge in [-0.25, -0.2) is 4.79 Å². The fourth-order valence-electron chi connectivity index (χ4n) is 2.12. The van der Waals surface area contributed by atoms with E-state index in [-0.39, 0.29) is 11.4 Å². The quantitative estimate of drug-likeness (QED) is 0.552. The van der Waals surface area contributed by atoms with Crippen molar-refractivity contribution in [1.29, 1.82) is 0 Å². The molecule has 0 atom stereocenters. The lowest BCUT2D eigenvalue weighted by Gasteiger charge is -2.07. The van der Waals surface area contributed by atoms with Crippen LogP contribution in [-0.4, -0.2) is 10.5 Å². The van der Waals surface area contributed by atoms with Gasteiger partial charge < -0.3 is 4.74 Å². The van der Waals surface area contributed by atoms with Gasteiger partial charge in [0, 0.05) is 0 Å². The molecule has 21 heavy (non-hydrogen) atoms. The molecule has 0 radical (unpaired) electrons. The Balaban J connectivity index is 1.86. The minimum atomic E-state index is -0.449. The molecule has 2 aromatic carbocycles. The highest BCUT2D eigenvalue weighted by molar-refractivity contribution is 7.16. The van der Waals surface area contributed by atoms with Gasteiger partial charge in [0.15, 0.2) is 0 Å². The smallest absolute Gasteiger partial charge is 0.331 e. The van der Waals surface area contributed by atoms with Crippen molar-refractivity contribution in [2.24, 2.45) is 0 Å². The summed E-state index contributed by atoms with van der Waals surface area (Å²) in [5.74, 6) is 0.0741. The van der Waals surface area contributed by atoms with Crippen LogP contribution in [0.4, 0.5) is 0 Å². The summed E-state index contributed by atoms with van der Waals surface area (Å²) < 4.78 is 7.64. The first-order valence-electron chi connectivity index (χ1n) is 6.50. The maximum Gasteiger partial charge on any atom is 0.331 e. The van der Waals surface area contributed by atoms with Crippen molar-refractivity contribution in [3.63, 3.8) is 0 Å². The van der Waals surface area contributed by atoms with Crippen LogP contribution in [0, 0.1) is 6.92 Å². The van der Waals surface area contributed by atoms with E-state index in [9.17, 15) is 9.59 Å². The molecule has 0 saturated heterocycles. The van der Waals surface area contributed by atoms with Crippen molar-refractivity contribution in [3.05, 3.63) is 63.8 Å². The van der Waals surface area contributed by atoms with E-state index in [0.29, 0.717) is 5.75 Å². The molecule has 0 aliphatic heterocycles. The summed E-state index contributed by atoms with van der Waals surface area (Å²) in [5, 5.41) is 0. The Kier molecular flexibility index (Phi) is 3.58. The van der Waals surface area contributed by atoms with Gasteiger partial charge in [0.05, 0.1) is 10.2 Å². The third-order valence-corrected chi connectivity index (χ3v) is 4.14. The predicted molar refractivity (Wildman–Crippen MR) is 82.9 cm³/mol. The summed E-state index contributed by atoms with van der Waals surface area (Å²) in [6, 6.07) is 14.7. The number of hydrogen-bond acceptors (Lipinski definition) is 4. The number of rotatable bonds is 3. The Labute approximate surface area is 125 Å². The number of aryl methyl sites for hydroxylation is 1. The highest BCUT2D eigenvalue weighted by atomic mass is 32.1. The molecule has 0 saturated carbocycles. The molecule has 1 aromatic heterocycles. The fourth-order valence-corrected chi connectivity index (χ4v) is 3.01. The van der Waals surface area contributed by atoms with Gasteiger partial charge in [-0.05, 0) is 30.7 Å². The monoisotopic (exact) mass is 299 g/mol. The molecule has 106 valence electrons. The lowest BCUT2D eigenvalue weighted by molar-refractivity contribution is -0.135. The zero-order valence-corrected chi connectivity index (χ0v) is 12.2. The molecular weight excluding hydrogens is 286 g/mol. The SMILES string of the molecule is Cc1ccccc1OC(=O)Cn1c(=O)sc2ccccc21. The minimum absolute atomic E-state index is 0.0861. The predicted octanol–water partition coefficient (Wildman–Crippen LogP) is 2.98. The summed E-state index contributed by atoms with van der Waals surface area (Å²) in [5.41, 5.74) is 1.64. The largest absolute Gasteiger partial charge is 0.425 e. The van der Waals surface area contributed by atoms with E-state index in [1.807, 2.05) is 49.4 Å². The number of hydrogen-bond donors (Lipinski definition) is 0. The summed E-state index contributed by atoms with van der Waals surface area (Å²) >= 11 is 1.13. The number of thiazole rings is 1. The van der Waals surface area contributed by atoms with E-state index in [2.05, 4.69) is 0 Å². The highest BCUT2D eigenvalue weighted by Crippen LogP contribution is 2.18. The lowest BCUT2D eigenvalue weighted by Crippen LogP contribution is -2.22. The van der Waals surface area contributed by atoms with Crippen LogP contribution in [-0.2, 0) is 11.3 Å². The van der Waals surface area contributed by atoms with Gasteiger partial charge in [-0.1, -0.05) is 41.7 Å². The van der Waals surface area contributed by atoms with E-state index >= 15 is 0 Å². The number of ether oxygens (including phenoxy) is 1. The van der Waals surface area contributed by atoms with Crippen molar-refractivity contribution >= 4 is 27.5 Å². The second-order valence-corrected chi connectivity index (χ2v) is 5.65. The van der Waals surface area contributed by atoms with Crippen LogP contribution in [0.5, 0.6) is 5.75 Å². The Morgan fingerprint density at radius 1 is 1.14 bits per heavy atom. The number of para-hydroxylation sites is 2. The number of nitrogens with zero attached hydrogens (tertiary/aromatic N) is 1. The first-order valence-corrected chi connectivity index (χ1v) is 7.31. The van der Waals surface area contributed by atoms with Crippen LogP contribution >= 0.6 is 11.3 Å². The Hall–Kier alpha value is -2.40. The van der Waals surface area contributed by atoms with Gasteiger partial charge >= 0.3 is 10.8 Å². The van der Waals surface area contributed by atoms with Gasteiger partial charge in [0.1, 0.15) is 12.3 Å². The van der Waals surface area contributed by atoms with Crippen molar-refractivity contribution in [3.8, 4) is 5.75 Å². The topological polar surface area (TPSA) is 48.3 Å². The molecule has 1 heterocycles. The molecule has 0 aliphatic carbocycles. The van der Waals surface area contributed by atoms with Crippen molar-refractivity contribution in [2.75, 3.05) is 0 Å². The summed E-state index contributed by atoms with van der Waals surface area (Å²) in [7, 11) is 0. The van der Waals surface area contributed by atoms with Crippen molar-refractivity contribution in [1.82, 2.24) is 4.57 Å². The van der Waals surface area contributed by atoms with Crippen LogP contribution in [0.1, 0.15) is 5.56 Å². The Morgan fingerprint density at radius 3 is 2.67 bits per heavy atom. The van der Waals surface area contributed by atoms with Crippen molar-refractivity contribution in [2.45, 2.75) is 13.5 Å². The van der Waals surface area contributed by atoms with Crippen molar-refractivity contribution < 1.29 is 9.53 Å². The molecule has 5 heteroatoms. The maximum atomic E-state index is 12.1. The first-order chi connectivity index (χ1) is 10.1. The zero-order valence-electron chi connectivity index (χ0n) is 11.4. The number of carbonyl (C=O) groups is 1. The molecule has 0 N–H and O–H groups in total. The van der Waals surface area contributed by atoms with Crippen LogP contribution in [0.3, 0.4) is 0 Å². The van der Waals surface area contributed by atoms with E-state index in [0.717, 1.165) is 27.1 Å². The molecule has 0 bridgehead atoms. The number of esters is 1. The van der Waals surface area contributed by atoms with E-state index in [1.165, 1.54) is 4.57 Å². The van der Waals surface area contributed by atoms with Gasteiger partial charge in [-0.3, -0.25) is 9.36 Å². The molecule has 0 spiro atoms. The maximum absolute atomic E-state index is 12.1. The van der Waals surface area contributed by atoms with Crippen LogP contribution in [0.2, 0.25) is 0 Å². The Morgan fingerprint density at radius 2 is 1.86 bits per heavy atom. The zero-order chi connectivity index (χ0) is 14.8. The highest BCUT2D eigenvalue weighted by Gasteiger charge is 2.13.